The first-order valence-electron chi connectivity index (χ1n) is 7.31. The van der Waals surface area contributed by atoms with Crippen LogP contribution in [0.2, 0.25) is 5.02 Å². The average Bonchev–Trinajstić information content (AvgIpc) is 2.54. The van der Waals surface area contributed by atoms with Crippen LogP contribution in [-0.2, 0) is 21.4 Å². The summed E-state index contributed by atoms with van der Waals surface area (Å²) < 4.78 is 26.5. The summed E-state index contributed by atoms with van der Waals surface area (Å²) in [7, 11) is -3.68. The minimum atomic E-state index is -3.68. The van der Waals surface area contributed by atoms with Gasteiger partial charge in [-0.15, -0.1) is 0 Å². The Hall–Kier alpha value is -1.96. The minimum absolute atomic E-state index is 0.00187. The molecule has 0 aliphatic heterocycles. The fourth-order valence-corrected chi connectivity index (χ4v) is 3.32. The molecule has 0 aliphatic carbocycles. The highest BCUT2D eigenvalue weighted by Crippen LogP contribution is 2.15. The number of carbonyl (C=O) groups is 1. The SMILES string of the molecule is Cc1cccnc1CNC(=O)CCNS(=O)(=O)c1cccc(Cl)c1. The van der Waals surface area contributed by atoms with Crippen LogP contribution in [0.1, 0.15) is 17.7 Å². The topological polar surface area (TPSA) is 88.2 Å². The molecule has 0 spiro atoms. The summed E-state index contributed by atoms with van der Waals surface area (Å²) >= 11 is 5.79. The fraction of sp³-hybridized carbons (Fsp3) is 0.250. The normalized spacial score (nSPS) is 11.2. The summed E-state index contributed by atoms with van der Waals surface area (Å²) in [5, 5.41) is 3.05. The van der Waals surface area contributed by atoms with Gasteiger partial charge in [0.25, 0.3) is 0 Å². The van der Waals surface area contributed by atoms with Gasteiger partial charge in [-0.3, -0.25) is 9.78 Å². The van der Waals surface area contributed by atoms with Gasteiger partial charge in [-0.1, -0.05) is 23.7 Å². The first kappa shape index (κ1) is 18.4. The third kappa shape index (κ3) is 5.30. The van der Waals surface area contributed by atoms with E-state index in [2.05, 4.69) is 15.0 Å². The minimum Gasteiger partial charge on any atom is -0.350 e. The van der Waals surface area contributed by atoms with Crippen molar-refractivity contribution in [3.05, 3.63) is 58.9 Å². The van der Waals surface area contributed by atoms with E-state index in [9.17, 15) is 13.2 Å². The number of sulfonamides is 1. The average molecular weight is 368 g/mol. The van der Waals surface area contributed by atoms with Crippen LogP contribution >= 0.6 is 11.6 Å². The van der Waals surface area contributed by atoms with Crippen LogP contribution < -0.4 is 10.0 Å². The second-order valence-corrected chi connectivity index (χ2v) is 7.35. The second kappa shape index (κ2) is 8.23. The highest BCUT2D eigenvalue weighted by molar-refractivity contribution is 7.89. The number of amides is 1. The molecular weight excluding hydrogens is 350 g/mol. The van der Waals surface area contributed by atoms with Gasteiger partial charge in [0.15, 0.2) is 0 Å². The van der Waals surface area contributed by atoms with Gasteiger partial charge in [0.1, 0.15) is 0 Å². The molecule has 2 rings (SSSR count). The zero-order chi connectivity index (χ0) is 17.6. The number of pyridine rings is 1. The van der Waals surface area contributed by atoms with Gasteiger partial charge >= 0.3 is 0 Å². The van der Waals surface area contributed by atoms with Crippen LogP contribution in [0.4, 0.5) is 0 Å². The van der Waals surface area contributed by atoms with Crippen molar-refractivity contribution < 1.29 is 13.2 Å². The quantitative estimate of drug-likeness (QED) is 0.783. The van der Waals surface area contributed by atoms with Gasteiger partial charge in [0, 0.05) is 24.2 Å². The van der Waals surface area contributed by atoms with Crippen molar-refractivity contribution in [1.29, 1.82) is 0 Å². The van der Waals surface area contributed by atoms with Crippen molar-refractivity contribution in [3.8, 4) is 0 Å². The summed E-state index contributed by atoms with van der Waals surface area (Å²) in [5.74, 6) is -0.256. The van der Waals surface area contributed by atoms with Crippen molar-refractivity contribution in [2.45, 2.75) is 24.8 Å². The molecule has 24 heavy (non-hydrogen) atoms. The Morgan fingerprint density at radius 2 is 2.04 bits per heavy atom. The Bertz CT molecular complexity index is 825. The predicted molar refractivity (Wildman–Crippen MR) is 92.1 cm³/mol. The van der Waals surface area contributed by atoms with E-state index >= 15 is 0 Å². The van der Waals surface area contributed by atoms with Gasteiger partial charge < -0.3 is 5.32 Å². The standard InChI is InChI=1S/C16H18ClN3O3S/c1-12-4-3-8-18-15(12)11-19-16(21)7-9-20-24(22,23)14-6-2-5-13(17)10-14/h2-6,8,10,20H,7,9,11H2,1H3,(H,19,21). The van der Waals surface area contributed by atoms with Crippen LogP contribution in [0.25, 0.3) is 0 Å². The summed E-state index contributed by atoms with van der Waals surface area (Å²) in [6.45, 7) is 2.22. The number of hydrogen-bond acceptors (Lipinski definition) is 4. The van der Waals surface area contributed by atoms with E-state index in [-0.39, 0.29) is 23.8 Å². The molecule has 1 amide bonds. The molecule has 0 unspecified atom stereocenters. The van der Waals surface area contributed by atoms with E-state index in [1.165, 1.54) is 12.1 Å². The second-order valence-electron chi connectivity index (χ2n) is 5.15. The largest absolute Gasteiger partial charge is 0.350 e. The highest BCUT2D eigenvalue weighted by atomic mass is 35.5. The maximum atomic E-state index is 12.1. The van der Waals surface area contributed by atoms with Crippen molar-refractivity contribution in [2.24, 2.45) is 0 Å². The van der Waals surface area contributed by atoms with Crippen molar-refractivity contribution in [3.63, 3.8) is 0 Å². The Morgan fingerprint density at radius 1 is 1.25 bits per heavy atom. The summed E-state index contributed by atoms with van der Waals surface area (Å²) in [6.07, 6.45) is 1.69. The molecule has 2 N–H and O–H groups in total. The lowest BCUT2D eigenvalue weighted by Crippen LogP contribution is -2.30. The lowest BCUT2D eigenvalue weighted by Gasteiger charge is -2.08. The molecule has 128 valence electrons. The van der Waals surface area contributed by atoms with Gasteiger partial charge in [0.2, 0.25) is 15.9 Å². The molecule has 0 fully saturated rings. The van der Waals surface area contributed by atoms with Gasteiger partial charge in [-0.25, -0.2) is 13.1 Å². The molecular formula is C16H18ClN3O3S. The number of benzene rings is 1. The van der Waals surface area contributed by atoms with Crippen LogP contribution in [0.3, 0.4) is 0 Å². The molecule has 0 atom stereocenters. The third-order valence-electron chi connectivity index (χ3n) is 3.32. The summed E-state index contributed by atoms with van der Waals surface area (Å²) in [6, 6.07) is 9.68. The molecule has 0 aliphatic rings. The molecule has 0 bridgehead atoms. The molecule has 1 aromatic carbocycles. The number of aromatic nitrogens is 1. The van der Waals surface area contributed by atoms with Crippen molar-refractivity contribution >= 4 is 27.5 Å². The van der Waals surface area contributed by atoms with E-state index < -0.39 is 10.0 Å². The molecule has 0 radical (unpaired) electrons. The van der Waals surface area contributed by atoms with Crippen molar-refractivity contribution in [2.75, 3.05) is 6.54 Å². The number of nitrogens with zero attached hydrogens (tertiary/aromatic N) is 1. The molecule has 1 heterocycles. The van der Waals surface area contributed by atoms with Gasteiger partial charge in [-0.05, 0) is 36.8 Å². The van der Waals surface area contributed by atoms with Crippen molar-refractivity contribution in [1.82, 2.24) is 15.0 Å². The Labute approximate surface area is 146 Å². The van der Waals surface area contributed by atoms with Crippen LogP contribution in [0, 0.1) is 6.92 Å². The molecule has 8 heteroatoms. The lowest BCUT2D eigenvalue weighted by atomic mass is 10.2. The van der Waals surface area contributed by atoms with E-state index in [0.717, 1.165) is 11.3 Å². The smallest absolute Gasteiger partial charge is 0.240 e. The maximum absolute atomic E-state index is 12.1. The maximum Gasteiger partial charge on any atom is 0.240 e. The fourth-order valence-electron chi connectivity index (χ4n) is 1.99. The van der Waals surface area contributed by atoms with E-state index in [4.69, 9.17) is 11.6 Å². The number of nitrogens with one attached hydrogen (secondary N) is 2. The van der Waals surface area contributed by atoms with Crippen LogP contribution in [0.5, 0.6) is 0 Å². The number of halogens is 1. The Balaban J connectivity index is 1.81. The zero-order valence-corrected chi connectivity index (χ0v) is 14.7. The van der Waals surface area contributed by atoms with Crippen LogP contribution in [0.15, 0.2) is 47.5 Å². The zero-order valence-electron chi connectivity index (χ0n) is 13.1. The monoisotopic (exact) mass is 367 g/mol. The summed E-state index contributed by atoms with van der Waals surface area (Å²) in [4.78, 5) is 16.1. The molecule has 1 aromatic heterocycles. The summed E-state index contributed by atoms with van der Waals surface area (Å²) in [5.41, 5.74) is 1.77. The number of carbonyl (C=O) groups excluding carboxylic acids is 1. The first-order chi connectivity index (χ1) is 11.4. The van der Waals surface area contributed by atoms with Gasteiger partial charge in [-0.2, -0.15) is 0 Å². The third-order valence-corrected chi connectivity index (χ3v) is 5.02. The number of hydrogen-bond donors (Lipinski definition) is 2. The molecule has 0 saturated carbocycles. The van der Waals surface area contributed by atoms with E-state index in [1.54, 1.807) is 18.3 Å². The predicted octanol–water partition coefficient (Wildman–Crippen LogP) is 2.03. The Kier molecular flexibility index (Phi) is 6.30. The van der Waals surface area contributed by atoms with E-state index in [1.807, 2.05) is 19.1 Å². The van der Waals surface area contributed by atoms with Crippen LogP contribution in [-0.4, -0.2) is 25.9 Å². The van der Waals surface area contributed by atoms with Gasteiger partial charge in [0.05, 0.1) is 17.1 Å². The first-order valence-corrected chi connectivity index (χ1v) is 9.17. The molecule has 6 nitrogen and oxygen atoms in total. The number of aryl methyl sites for hydroxylation is 1. The highest BCUT2D eigenvalue weighted by Gasteiger charge is 2.14. The molecule has 0 saturated heterocycles. The van der Waals surface area contributed by atoms with E-state index in [0.29, 0.717) is 11.6 Å². The molecule has 2 aromatic rings. The Morgan fingerprint density at radius 3 is 2.75 bits per heavy atom. The number of rotatable bonds is 7. The lowest BCUT2D eigenvalue weighted by molar-refractivity contribution is -0.121.